The molecule has 1 aromatic rings. The van der Waals surface area contributed by atoms with Crippen molar-refractivity contribution in [1.82, 2.24) is 4.57 Å². The maximum Gasteiger partial charge on any atom is 0.250 e. The molecular formula is C12H14N2O. The minimum absolute atomic E-state index is 0.0341. The minimum Gasteiger partial charge on any atom is -0.318 e. The molecule has 0 aliphatic rings. The van der Waals surface area contributed by atoms with Gasteiger partial charge in [-0.05, 0) is 25.8 Å². The molecule has 78 valence electrons. The van der Waals surface area contributed by atoms with Crippen molar-refractivity contribution in [2.45, 2.75) is 6.92 Å². The van der Waals surface area contributed by atoms with Crippen LogP contribution in [-0.4, -0.2) is 11.3 Å². The summed E-state index contributed by atoms with van der Waals surface area (Å²) in [4.78, 5) is 15.1. The lowest BCUT2D eigenvalue weighted by Crippen LogP contribution is -2.14. The molecular weight excluding hydrogens is 188 g/mol. The van der Waals surface area contributed by atoms with Crippen LogP contribution in [0.3, 0.4) is 0 Å². The summed E-state index contributed by atoms with van der Waals surface area (Å²) in [7, 11) is 1.71. The van der Waals surface area contributed by atoms with E-state index in [-0.39, 0.29) is 5.56 Å². The summed E-state index contributed by atoms with van der Waals surface area (Å²) in [6.45, 7) is 5.43. The molecule has 0 radical (unpaired) electrons. The van der Waals surface area contributed by atoms with E-state index in [4.69, 9.17) is 0 Å². The molecule has 0 aromatic carbocycles. The minimum atomic E-state index is -0.0341. The van der Waals surface area contributed by atoms with Crippen molar-refractivity contribution in [3.05, 3.63) is 52.5 Å². The van der Waals surface area contributed by atoms with E-state index in [9.17, 15) is 4.79 Å². The van der Waals surface area contributed by atoms with Gasteiger partial charge in [0.2, 0.25) is 5.56 Å². The van der Waals surface area contributed by atoms with Crippen LogP contribution in [0.4, 0.5) is 0 Å². The molecule has 0 aliphatic carbocycles. The lowest BCUT2D eigenvalue weighted by molar-refractivity contribution is 0.857. The molecule has 1 rings (SSSR count). The van der Waals surface area contributed by atoms with Gasteiger partial charge in [0.05, 0.1) is 5.70 Å². The summed E-state index contributed by atoms with van der Waals surface area (Å²) in [6.07, 6.45) is 7.39. The number of hydrogen-bond donors (Lipinski definition) is 0. The first-order valence-electron chi connectivity index (χ1n) is 4.66. The zero-order chi connectivity index (χ0) is 11.3. The third kappa shape index (κ3) is 2.77. The van der Waals surface area contributed by atoms with Crippen molar-refractivity contribution in [3.8, 4) is 0 Å². The second-order valence-corrected chi connectivity index (χ2v) is 3.10. The van der Waals surface area contributed by atoms with Gasteiger partial charge in [0.1, 0.15) is 0 Å². The van der Waals surface area contributed by atoms with Crippen molar-refractivity contribution >= 4 is 12.4 Å². The van der Waals surface area contributed by atoms with Gasteiger partial charge >= 0.3 is 0 Å². The molecule has 3 nitrogen and oxygen atoms in total. The van der Waals surface area contributed by atoms with Gasteiger partial charge in [-0.2, -0.15) is 0 Å². The van der Waals surface area contributed by atoms with Crippen molar-refractivity contribution in [2.24, 2.45) is 12.0 Å². The summed E-state index contributed by atoms with van der Waals surface area (Å²) in [6, 6.07) is 3.26. The van der Waals surface area contributed by atoms with Gasteiger partial charge < -0.3 is 4.57 Å². The normalized spacial score (nSPS) is 12.0. The first kappa shape index (κ1) is 11.2. The quantitative estimate of drug-likeness (QED) is 0.545. The molecule has 0 saturated carbocycles. The zero-order valence-corrected chi connectivity index (χ0v) is 8.97. The molecule has 0 fully saturated rings. The highest BCUT2D eigenvalue weighted by molar-refractivity contribution is 5.68. The van der Waals surface area contributed by atoms with Crippen molar-refractivity contribution in [2.75, 3.05) is 0 Å². The van der Waals surface area contributed by atoms with Gasteiger partial charge in [-0.3, -0.25) is 9.79 Å². The number of aliphatic imine (C=N–C) groups is 1. The molecule has 1 aromatic heterocycles. The van der Waals surface area contributed by atoms with E-state index < -0.39 is 0 Å². The van der Waals surface area contributed by atoms with E-state index in [1.807, 2.05) is 25.2 Å². The molecule has 0 amide bonds. The van der Waals surface area contributed by atoms with E-state index in [1.165, 1.54) is 10.6 Å². The van der Waals surface area contributed by atoms with Gasteiger partial charge in [0, 0.05) is 24.9 Å². The van der Waals surface area contributed by atoms with Crippen LogP contribution in [0.25, 0.3) is 5.70 Å². The van der Waals surface area contributed by atoms with Crippen LogP contribution in [0.15, 0.2) is 46.3 Å². The lowest BCUT2D eigenvalue weighted by Gasteiger charge is -2.02. The summed E-state index contributed by atoms with van der Waals surface area (Å²) in [5.41, 5.74) is 1.60. The van der Waals surface area contributed by atoms with Crippen LogP contribution < -0.4 is 5.56 Å². The Morgan fingerprint density at radius 3 is 2.80 bits per heavy atom. The van der Waals surface area contributed by atoms with Gasteiger partial charge in [0.25, 0.3) is 0 Å². The molecule has 0 N–H and O–H groups in total. The van der Waals surface area contributed by atoms with Crippen LogP contribution in [0.2, 0.25) is 0 Å². The summed E-state index contributed by atoms with van der Waals surface area (Å²) >= 11 is 0. The number of aryl methyl sites for hydroxylation is 1. The number of aromatic nitrogens is 1. The topological polar surface area (TPSA) is 34.4 Å². The first-order chi connectivity index (χ1) is 7.19. The van der Waals surface area contributed by atoms with Gasteiger partial charge in [0.15, 0.2) is 0 Å². The molecule has 0 unspecified atom stereocenters. The third-order valence-electron chi connectivity index (χ3n) is 2.00. The monoisotopic (exact) mass is 202 g/mol. The Balaban J connectivity index is 3.19. The second-order valence-electron chi connectivity index (χ2n) is 3.10. The van der Waals surface area contributed by atoms with E-state index in [2.05, 4.69) is 11.7 Å². The van der Waals surface area contributed by atoms with Crippen molar-refractivity contribution < 1.29 is 0 Å². The fourth-order valence-electron chi connectivity index (χ4n) is 1.17. The van der Waals surface area contributed by atoms with E-state index in [0.29, 0.717) is 0 Å². The maximum absolute atomic E-state index is 11.2. The van der Waals surface area contributed by atoms with Gasteiger partial charge in [-0.25, -0.2) is 0 Å². The largest absolute Gasteiger partial charge is 0.318 e. The summed E-state index contributed by atoms with van der Waals surface area (Å²) in [5.74, 6) is 0. The Labute approximate surface area is 89.1 Å². The number of pyridine rings is 1. The smallest absolute Gasteiger partial charge is 0.250 e. The second kappa shape index (κ2) is 5.10. The van der Waals surface area contributed by atoms with E-state index in [1.54, 1.807) is 19.3 Å². The van der Waals surface area contributed by atoms with E-state index >= 15 is 0 Å². The molecule has 0 spiro atoms. The molecule has 3 heteroatoms. The molecule has 1 heterocycles. The molecule has 0 atom stereocenters. The highest BCUT2D eigenvalue weighted by Gasteiger charge is 1.99. The van der Waals surface area contributed by atoms with Crippen molar-refractivity contribution in [1.29, 1.82) is 0 Å². The van der Waals surface area contributed by atoms with Gasteiger partial charge in [-0.1, -0.05) is 12.2 Å². The number of hydrogen-bond acceptors (Lipinski definition) is 2. The fourth-order valence-corrected chi connectivity index (χ4v) is 1.17. The Kier molecular flexibility index (Phi) is 3.80. The molecule has 15 heavy (non-hydrogen) atoms. The average Bonchev–Trinajstić information content (AvgIpc) is 2.24. The lowest BCUT2D eigenvalue weighted by atomic mass is 10.2. The zero-order valence-electron chi connectivity index (χ0n) is 8.97. The van der Waals surface area contributed by atoms with E-state index in [0.717, 1.165) is 11.3 Å². The number of allylic oxidation sites excluding steroid dienone is 3. The number of rotatable bonds is 3. The highest BCUT2D eigenvalue weighted by atomic mass is 16.1. The fraction of sp³-hybridized carbons (Fsp3) is 0.167. The predicted molar refractivity (Wildman–Crippen MR) is 64.0 cm³/mol. The Morgan fingerprint density at radius 1 is 1.53 bits per heavy atom. The van der Waals surface area contributed by atoms with Crippen LogP contribution in [0.5, 0.6) is 0 Å². The number of nitrogens with zero attached hydrogens (tertiary/aromatic N) is 2. The molecule has 0 saturated heterocycles. The molecule has 0 bridgehead atoms. The van der Waals surface area contributed by atoms with Crippen LogP contribution in [0, 0.1) is 0 Å². The van der Waals surface area contributed by atoms with Crippen molar-refractivity contribution in [3.63, 3.8) is 0 Å². The predicted octanol–water partition coefficient (Wildman–Crippen LogP) is 2.00. The first-order valence-corrected chi connectivity index (χ1v) is 4.66. The average molecular weight is 202 g/mol. The summed E-state index contributed by atoms with van der Waals surface area (Å²) in [5, 5.41) is 0. The van der Waals surface area contributed by atoms with Crippen LogP contribution in [0.1, 0.15) is 12.5 Å². The highest BCUT2D eigenvalue weighted by Crippen LogP contribution is 2.13. The SMILES string of the molecule is C=N/C(=C\C=C/C)c1ccc(=O)n(C)c1. The Morgan fingerprint density at radius 2 is 2.27 bits per heavy atom. The van der Waals surface area contributed by atoms with Crippen LogP contribution >= 0.6 is 0 Å². The standard InChI is InChI=1S/C12H14N2O/c1-4-5-6-11(13-2)10-7-8-12(15)14(3)9-10/h4-9H,2H2,1,3H3/b5-4-,11-6-. The third-order valence-corrected chi connectivity index (χ3v) is 2.00. The summed E-state index contributed by atoms with van der Waals surface area (Å²) < 4.78 is 1.52. The molecule has 0 aliphatic heterocycles. The van der Waals surface area contributed by atoms with Crippen LogP contribution in [-0.2, 0) is 7.05 Å². The maximum atomic E-state index is 11.2. The Bertz CT molecular complexity index is 467. The van der Waals surface area contributed by atoms with Gasteiger partial charge in [-0.15, -0.1) is 0 Å². The Hall–Kier alpha value is -1.90.